The molecule has 0 aromatic carbocycles. The Labute approximate surface area is 105 Å². The number of piperidine rings is 1. The number of hydrogen-bond donors (Lipinski definition) is 0. The Hall–Kier alpha value is -0.410. The molecule has 0 radical (unpaired) electrons. The lowest BCUT2D eigenvalue weighted by Gasteiger charge is -2.41. The van der Waals surface area contributed by atoms with Crippen LogP contribution in [-0.2, 0) is 9.53 Å². The van der Waals surface area contributed by atoms with Crippen LogP contribution in [0.15, 0.2) is 0 Å². The molecule has 0 spiro atoms. The maximum atomic E-state index is 11.4. The summed E-state index contributed by atoms with van der Waals surface area (Å²) in [6.45, 7) is 9.41. The number of carbonyl (C=O) groups excluding carboxylic acids is 1. The molecule has 3 heteroatoms. The number of rotatable bonds is 3. The highest BCUT2D eigenvalue weighted by molar-refractivity contribution is 5.60. The van der Waals surface area contributed by atoms with Gasteiger partial charge in [-0.25, -0.2) is 0 Å². The van der Waals surface area contributed by atoms with Crippen LogP contribution in [0.3, 0.4) is 0 Å². The van der Waals surface area contributed by atoms with Gasteiger partial charge in [0.2, 0.25) is 0 Å². The van der Waals surface area contributed by atoms with E-state index in [-0.39, 0.29) is 5.41 Å². The Kier molecular flexibility index (Phi) is 4.21. The van der Waals surface area contributed by atoms with Gasteiger partial charge in [-0.3, -0.25) is 0 Å². The van der Waals surface area contributed by atoms with Crippen LogP contribution >= 0.6 is 0 Å². The van der Waals surface area contributed by atoms with Crippen molar-refractivity contribution in [2.24, 2.45) is 17.3 Å². The molecule has 2 unspecified atom stereocenters. The van der Waals surface area contributed by atoms with Gasteiger partial charge in [-0.2, -0.15) is 0 Å². The van der Waals surface area contributed by atoms with E-state index in [0.717, 1.165) is 57.5 Å². The minimum atomic E-state index is -0.126. The van der Waals surface area contributed by atoms with E-state index in [1.165, 1.54) is 12.7 Å². The molecule has 2 rings (SSSR count). The molecule has 0 N–H and O–H groups in total. The zero-order valence-electron chi connectivity index (χ0n) is 11.2. The molecule has 2 atom stereocenters. The highest BCUT2D eigenvalue weighted by atomic mass is 16.5. The highest BCUT2D eigenvalue weighted by Gasteiger charge is 2.35. The third-order valence-electron chi connectivity index (χ3n) is 4.70. The molecule has 2 aliphatic rings. The lowest BCUT2D eigenvalue weighted by molar-refractivity contribution is -0.123. The van der Waals surface area contributed by atoms with Gasteiger partial charge in [0, 0.05) is 31.7 Å². The normalized spacial score (nSPS) is 34.5. The van der Waals surface area contributed by atoms with Crippen molar-refractivity contribution in [3.05, 3.63) is 0 Å². The summed E-state index contributed by atoms with van der Waals surface area (Å²) in [5.74, 6) is 1.58. The molecule has 0 aromatic heterocycles. The Bertz CT molecular complexity index is 261. The molecule has 0 bridgehead atoms. The first-order valence-electron chi connectivity index (χ1n) is 6.92. The van der Waals surface area contributed by atoms with Crippen molar-refractivity contribution < 1.29 is 9.53 Å². The third-order valence-corrected chi connectivity index (χ3v) is 4.70. The lowest BCUT2D eigenvalue weighted by atomic mass is 9.80. The first-order valence-corrected chi connectivity index (χ1v) is 6.92. The molecule has 98 valence electrons. The number of likely N-dealkylation sites (tertiary alicyclic amines) is 1. The van der Waals surface area contributed by atoms with Crippen LogP contribution in [-0.4, -0.2) is 44.0 Å². The van der Waals surface area contributed by atoms with Crippen molar-refractivity contribution in [2.75, 3.05) is 32.8 Å². The topological polar surface area (TPSA) is 29.5 Å². The van der Waals surface area contributed by atoms with E-state index in [0.29, 0.717) is 0 Å². The number of carbonyl (C=O) groups is 1. The van der Waals surface area contributed by atoms with Gasteiger partial charge in [-0.1, -0.05) is 13.8 Å². The van der Waals surface area contributed by atoms with E-state index in [4.69, 9.17) is 4.74 Å². The smallest absolute Gasteiger partial charge is 0.127 e. The lowest BCUT2D eigenvalue weighted by Crippen LogP contribution is -2.47. The molecule has 2 fully saturated rings. The van der Waals surface area contributed by atoms with Crippen LogP contribution < -0.4 is 0 Å². The van der Waals surface area contributed by atoms with Crippen LogP contribution in [0.25, 0.3) is 0 Å². The first-order chi connectivity index (χ1) is 8.15. The van der Waals surface area contributed by atoms with Crippen molar-refractivity contribution in [1.82, 2.24) is 4.90 Å². The number of ether oxygens (including phenoxy) is 1. The zero-order valence-corrected chi connectivity index (χ0v) is 11.2. The van der Waals surface area contributed by atoms with E-state index in [2.05, 4.69) is 18.7 Å². The maximum Gasteiger partial charge on any atom is 0.127 e. The number of hydrogen-bond acceptors (Lipinski definition) is 3. The molecule has 0 amide bonds. The molecule has 2 aliphatic heterocycles. The highest BCUT2D eigenvalue weighted by Crippen LogP contribution is 2.31. The van der Waals surface area contributed by atoms with Gasteiger partial charge >= 0.3 is 0 Å². The minimum Gasteiger partial charge on any atom is -0.381 e. The second-order valence-corrected chi connectivity index (χ2v) is 6.07. The average molecular weight is 239 g/mol. The maximum absolute atomic E-state index is 11.4. The van der Waals surface area contributed by atoms with Gasteiger partial charge in [0.05, 0.1) is 0 Å². The van der Waals surface area contributed by atoms with Gasteiger partial charge in [0.25, 0.3) is 0 Å². The summed E-state index contributed by atoms with van der Waals surface area (Å²) >= 11 is 0. The van der Waals surface area contributed by atoms with E-state index >= 15 is 0 Å². The second-order valence-electron chi connectivity index (χ2n) is 6.07. The SMILES string of the molecule is CC1CCN(CC2(C=O)CCOCC2)CC1C. The van der Waals surface area contributed by atoms with Gasteiger partial charge in [-0.15, -0.1) is 0 Å². The minimum absolute atomic E-state index is 0.126. The van der Waals surface area contributed by atoms with Crippen LogP contribution in [0.2, 0.25) is 0 Å². The summed E-state index contributed by atoms with van der Waals surface area (Å²) in [4.78, 5) is 13.9. The molecule has 2 saturated heterocycles. The number of aldehydes is 1. The zero-order chi connectivity index (χ0) is 12.3. The average Bonchev–Trinajstić information content (AvgIpc) is 2.35. The van der Waals surface area contributed by atoms with E-state index in [9.17, 15) is 4.79 Å². The van der Waals surface area contributed by atoms with Gasteiger partial charge in [-0.05, 0) is 37.6 Å². The summed E-state index contributed by atoms with van der Waals surface area (Å²) in [6, 6.07) is 0. The van der Waals surface area contributed by atoms with Crippen molar-refractivity contribution in [1.29, 1.82) is 0 Å². The molecule has 0 aromatic rings. The summed E-state index contributed by atoms with van der Waals surface area (Å²) < 4.78 is 5.38. The summed E-state index contributed by atoms with van der Waals surface area (Å²) in [5, 5.41) is 0. The van der Waals surface area contributed by atoms with Gasteiger partial charge < -0.3 is 14.4 Å². The molecule has 3 nitrogen and oxygen atoms in total. The van der Waals surface area contributed by atoms with Gasteiger partial charge in [0.15, 0.2) is 0 Å². The van der Waals surface area contributed by atoms with Gasteiger partial charge in [0.1, 0.15) is 6.29 Å². The van der Waals surface area contributed by atoms with E-state index < -0.39 is 0 Å². The Morgan fingerprint density at radius 1 is 1.29 bits per heavy atom. The van der Waals surface area contributed by atoms with Crippen molar-refractivity contribution >= 4 is 6.29 Å². The summed E-state index contributed by atoms with van der Waals surface area (Å²) in [6.07, 6.45) is 4.26. The second kappa shape index (κ2) is 5.49. The fourth-order valence-corrected chi connectivity index (χ4v) is 3.03. The fourth-order valence-electron chi connectivity index (χ4n) is 3.03. The predicted molar refractivity (Wildman–Crippen MR) is 67.9 cm³/mol. The summed E-state index contributed by atoms with van der Waals surface area (Å²) in [5.41, 5.74) is -0.126. The molecular weight excluding hydrogens is 214 g/mol. The van der Waals surface area contributed by atoms with Crippen LogP contribution in [0.1, 0.15) is 33.1 Å². The third kappa shape index (κ3) is 3.08. The molecular formula is C14H25NO2. The molecule has 0 saturated carbocycles. The number of nitrogens with zero attached hydrogens (tertiary/aromatic N) is 1. The van der Waals surface area contributed by atoms with E-state index in [1.54, 1.807) is 0 Å². The van der Waals surface area contributed by atoms with Crippen LogP contribution in [0.4, 0.5) is 0 Å². The molecule has 0 aliphatic carbocycles. The van der Waals surface area contributed by atoms with Crippen LogP contribution in [0, 0.1) is 17.3 Å². The van der Waals surface area contributed by atoms with Crippen LogP contribution in [0.5, 0.6) is 0 Å². The quantitative estimate of drug-likeness (QED) is 0.705. The first kappa shape index (κ1) is 13.0. The van der Waals surface area contributed by atoms with E-state index in [1.807, 2.05) is 0 Å². The summed E-state index contributed by atoms with van der Waals surface area (Å²) in [7, 11) is 0. The van der Waals surface area contributed by atoms with Crippen molar-refractivity contribution in [3.63, 3.8) is 0 Å². The molecule has 17 heavy (non-hydrogen) atoms. The van der Waals surface area contributed by atoms with Crippen molar-refractivity contribution in [3.8, 4) is 0 Å². The Balaban J connectivity index is 1.92. The Morgan fingerprint density at radius 2 is 2.00 bits per heavy atom. The standard InChI is InChI=1S/C14H25NO2/c1-12-3-6-15(9-13(12)2)10-14(11-16)4-7-17-8-5-14/h11-13H,3-10H2,1-2H3. The Morgan fingerprint density at radius 3 is 2.59 bits per heavy atom. The molecule has 2 heterocycles. The predicted octanol–water partition coefficient (Wildman–Crippen LogP) is 1.96. The van der Waals surface area contributed by atoms with Crippen molar-refractivity contribution in [2.45, 2.75) is 33.1 Å². The largest absolute Gasteiger partial charge is 0.381 e. The fraction of sp³-hybridized carbons (Fsp3) is 0.929. The monoisotopic (exact) mass is 239 g/mol.